The number of hydrogen-bond acceptors (Lipinski definition) is 6. The zero-order valence-electron chi connectivity index (χ0n) is 17.4. The van der Waals surface area contributed by atoms with Crippen molar-refractivity contribution in [1.29, 1.82) is 0 Å². The van der Waals surface area contributed by atoms with Crippen LogP contribution >= 0.6 is 0 Å². The topological polar surface area (TPSA) is 83.3 Å². The lowest BCUT2D eigenvalue weighted by Gasteiger charge is -2.60. The Kier molecular flexibility index (Phi) is 4.67. The van der Waals surface area contributed by atoms with Gasteiger partial charge in [0, 0.05) is 6.42 Å². The molecular formula is C22H29NO6. The highest BCUT2D eigenvalue weighted by Crippen LogP contribution is 2.63. The summed E-state index contributed by atoms with van der Waals surface area (Å²) in [6, 6.07) is -1.08. The third kappa shape index (κ3) is 3.31. The second-order valence-corrected chi connectivity index (χ2v) is 10.2. The Hall–Kier alpha value is -2.10. The Morgan fingerprint density at radius 3 is 2.48 bits per heavy atom. The third-order valence-corrected chi connectivity index (χ3v) is 7.57. The van der Waals surface area contributed by atoms with Crippen molar-refractivity contribution in [2.75, 3.05) is 6.61 Å². The molecule has 7 nitrogen and oxygen atoms in total. The highest BCUT2D eigenvalue weighted by atomic mass is 16.6. The van der Waals surface area contributed by atoms with Gasteiger partial charge in [0.25, 0.3) is 0 Å². The van der Waals surface area contributed by atoms with Crippen LogP contribution in [0.1, 0.15) is 65.7 Å². The fourth-order valence-electron chi connectivity index (χ4n) is 6.01. The largest absolute Gasteiger partial charge is 0.459 e. The molecule has 4 bridgehead atoms. The number of cyclic esters (lactones) is 1. The van der Waals surface area contributed by atoms with Gasteiger partial charge in [-0.25, -0.2) is 11.4 Å². The minimum atomic E-state index is -1.08. The van der Waals surface area contributed by atoms with Gasteiger partial charge in [0.2, 0.25) is 6.10 Å². The maximum absolute atomic E-state index is 13.3. The van der Waals surface area contributed by atoms with Crippen LogP contribution in [0.15, 0.2) is 0 Å². The summed E-state index contributed by atoms with van der Waals surface area (Å²) >= 11 is 0. The summed E-state index contributed by atoms with van der Waals surface area (Å²) in [5.41, 5.74) is -1.85. The molecule has 5 fully saturated rings. The molecular weight excluding hydrogens is 374 g/mol. The van der Waals surface area contributed by atoms with Gasteiger partial charge >= 0.3 is 23.9 Å². The first-order valence-electron chi connectivity index (χ1n) is 10.6. The molecule has 0 amide bonds. The van der Waals surface area contributed by atoms with Gasteiger partial charge in [-0.1, -0.05) is 6.92 Å². The molecule has 0 spiro atoms. The van der Waals surface area contributed by atoms with E-state index in [0.717, 1.165) is 32.1 Å². The molecule has 7 heteroatoms. The molecule has 4 unspecified atom stereocenters. The Bertz CT molecular complexity index is 767. The van der Waals surface area contributed by atoms with Crippen LogP contribution in [0.4, 0.5) is 0 Å². The SMILES string of the molecule is [C-]#[N+]C1C(=O)OCC1OC(=O)C12CC3CC(CC(OC(=O)C(C)(C)CC)(C3)C1)C2. The first kappa shape index (κ1) is 20.2. The number of carbonyl (C=O) groups excluding carboxylic acids is 3. The predicted octanol–water partition coefficient (Wildman–Crippen LogP) is 3.06. The molecule has 5 aliphatic rings. The Morgan fingerprint density at radius 2 is 1.90 bits per heavy atom. The lowest BCUT2D eigenvalue weighted by molar-refractivity contribution is -0.219. The number of hydrogen-bond donors (Lipinski definition) is 0. The van der Waals surface area contributed by atoms with E-state index in [-0.39, 0.29) is 18.5 Å². The minimum absolute atomic E-state index is 0.0641. The molecule has 5 rings (SSSR count). The zero-order chi connectivity index (χ0) is 21.0. The lowest BCUT2D eigenvalue weighted by Crippen LogP contribution is -2.61. The molecule has 0 aromatic carbocycles. The summed E-state index contributed by atoms with van der Waals surface area (Å²) in [6.45, 7) is 12.9. The molecule has 0 radical (unpaired) electrons. The van der Waals surface area contributed by atoms with Gasteiger partial charge in [-0.2, -0.15) is 0 Å². The number of esters is 3. The lowest BCUT2D eigenvalue weighted by atomic mass is 9.48. The fourth-order valence-corrected chi connectivity index (χ4v) is 6.01. The van der Waals surface area contributed by atoms with E-state index in [9.17, 15) is 14.4 Å². The van der Waals surface area contributed by atoms with Crippen LogP contribution in [-0.2, 0) is 28.6 Å². The number of rotatable bonds is 5. The zero-order valence-corrected chi connectivity index (χ0v) is 17.4. The smallest absolute Gasteiger partial charge is 0.394 e. The Balaban J connectivity index is 1.54. The van der Waals surface area contributed by atoms with Crippen LogP contribution in [0.3, 0.4) is 0 Å². The van der Waals surface area contributed by atoms with Crippen molar-refractivity contribution in [1.82, 2.24) is 0 Å². The van der Waals surface area contributed by atoms with Crippen LogP contribution in [0.5, 0.6) is 0 Å². The van der Waals surface area contributed by atoms with Gasteiger partial charge in [-0.05, 0) is 64.2 Å². The van der Waals surface area contributed by atoms with Crippen molar-refractivity contribution in [2.45, 2.75) is 83.5 Å². The molecule has 0 N–H and O–H groups in total. The fraction of sp³-hybridized carbons (Fsp3) is 0.818. The highest BCUT2D eigenvalue weighted by Gasteiger charge is 2.64. The van der Waals surface area contributed by atoms with E-state index >= 15 is 0 Å². The number of carbonyl (C=O) groups is 3. The summed E-state index contributed by atoms with van der Waals surface area (Å²) < 4.78 is 16.7. The van der Waals surface area contributed by atoms with Crippen molar-refractivity contribution in [2.24, 2.45) is 22.7 Å². The van der Waals surface area contributed by atoms with Gasteiger partial charge in [-0.3, -0.25) is 14.4 Å². The van der Waals surface area contributed by atoms with E-state index in [2.05, 4.69) is 4.85 Å². The van der Waals surface area contributed by atoms with Crippen molar-refractivity contribution in [3.05, 3.63) is 11.4 Å². The predicted molar refractivity (Wildman–Crippen MR) is 101 cm³/mol. The molecule has 1 saturated heterocycles. The van der Waals surface area contributed by atoms with Gasteiger partial charge in [-0.15, -0.1) is 0 Å². The standard InChI is InChI=1S/C22H29NO6/c1-5-20(2,3)18(25)29-22-9-13-6-14(10-22)8-21(7-13,12-22)19(26)28-15-11-27-17(24)16(15)23-4/h13-16H,5-12H2,1-3H3. The maximum atomic E-state index is 13.3. The molecule has 158 valence electrons. The van der Waals surface area contributed by atoms with E-state index in [4.69, 9.17) is 20.8 Å². The average Bonchev–Trinajstić information content (AvgIpc) is 2.99. The van der Waals surface area contributed by atoms with E-state index < -0.39 is 34.5 Å². The van der Waals surface area contributed by atoms with Crippen LogP contribution < -0.4 is 0 Å². The Labute approximate surface area is 171 Å². The summed E-state index contributed by atoms with van der Waals surface area (Å²) in [7, 11) is 0. The van der Waals surface area contributed by atoms with Crippen LogP contribution in [0, 0.1) is 29.2 Å². The van der Waals surface area contributed by atoms with Crippen molar-refractivity contribution < 1.29 is 28.6 Å². The molecule has 4 aliphatic carbocycles. The van der Waals surface area contributed by atoms with Crippen LogP contribution in [0.2, 0.25) is 0 Å². The van der Waals surface area contributed by atoms with Gasteiger partial charge in [0.1, 0.15) is 12.2 Å². The first-order valence-corrected chi connectivity index (χ1v) is 10.6. The Morgan fingerprint density at radius 1 is 1.24 bits per heavy atom. The molecule has 29 heavy (non-hydrogen) atoms. The van der Waals surface area contributed by atoms with Crippen molar-refractivity contribution in [3.8, 4) is 0 Å². The second kappa shape index (κ2) is 6.72. The maximum Gasteiger partial charge on any atom is 0.394 e. The first-order chi connectivity index (χ1) is 13.6. The minimum Gasteiger partial charge on any atom is -0.459 e. The normalized spacial score (nSPS) is 40.3. The van der Waals surface area contributed by atoms with Crippen molar-refractivity contribution in [3.63, 3.8) is 0 Å². The molecule has 1 aliphatic heterocycles. The number of ether oxygens (including phenoxy) is 3. The highest BCUT2D eigenvalue weighted by molar-refractivity contribution is 5.83. The summed E-state index contributed by atoms with van der Waals surface area (Å²) in [4.78, 5) is 41.0. The molecule has 4 saturated carbocycles. The molecule has 1 heterocycles. The van der Waals surface area contributed by atoms with Crippen LogP contribution in [0.25, 0.3) is 4.85 Å². The number of nitrogens with zero attached hydrogens (tertiary/aromatic N) is 1. The van der Waals surface area contributed by atoms with Gasteiger partial charge in [0.05, 0.1) is 10.8 Å². The summed E-state index contributed by atoms with van der Waals surface area (Å²) in [6.07, 6.45) is 4.43. The molecule has 0 aromatic heterocycles. The van der Waals surface area contributed by atoms with E-state index in [1.807, 2.05) is 20.8 Å². The summed E-state index contributed by atoms with van der Waals surface area (Å²) in [5.74, 6) is -0.526. The monoisotopic (exact) mass is 403 g/mol. The molecule has 0 aromatic rings. The van der Waals surface area contributed by atoms with E-state index in [1.165, 1.54) is 0 Å². The van der Waals surface area contributed by atoms with E-state index in [0.29, 0.717) is 24.7 Å². The van der Waals surface area contributed by atoms with Gasteiger partial charge in [0.15, 0.2) is 0 Å². The van der Waals surface area contributed by atoms with Crippen molar-refractivity contribution >= 4 is 17.9 Å². The van der Waals surface area contributed by atoms with Gasteiger partial charge < -0.3 is 14.2 Å². The van der Waals surface area contributed by atoms with Crippen LogP contribution in [-0.4, -0.2) is 42.3 Å². The molecule has 4 atom stereocenters. The van der Waals surface area contributed by atoms with E-state index in [1.54, 1.807) is 0 Å². The second-order valence-electron chi connectivity index (χ2n) is 10.2. The average molecular weight is 403 g/mol. The summed E-state index contributed by atoms with van der Waals surface area (Å²) in [5, 5.41) is 0. The third-order valence-electron chi connectivity index (χ3n) is 7.57. The quantitative estimate of drug-likeness (QED) is 0.399.